The maximum Gasteiger partial charge on any atom is 0.0233 e. The first kappa shape index (κ1) is 16.7. The van der Waals surface area contributed by atoms with Crippen LogP contribution in [0.3, 0.4) is 0 Å². The molecule has 0 spiro atoms. The van der Waals surface area contributed by atoms with Gasteiger partial charge in [-0.3, -0.25) is 0 Å². The van der Waals surface area contributed by atoms with E-state index in [1.54, 1.807) is 0 Å². The van der Waals surface area contributed by atoms with E-state index in [2.05, 4.69) is 81.9 Å². The molecule has 0 heterocycles. The van der Waals surface area contributed by atoms with Crippen molar-refractivity contribution in [2.75, 3.05) is 14.1 Å². The Morgan fingerprint density at radius 3 is 1.84 bits per heavy atom. The standard InChI is InChI=1S/C17H30NP/c1-16(2,3)13-9-12(11-18(7)8)15(19)14(10-13)17(4,5)6/h9-10H,11,19H2,1-8H3. The molecular weight excluding hydrogens is 249 g/mol. The van der Waals surface area contributed by atoms with Crippen LogP contribution in [0.15, 0.2) is 12.1 Å². The Morgan fingerprint density at radius 1 is 0.947 bits per heavy atom. The van der Waals surface area contributed by atoms with Crippen molar-refractivity contribution in [2.24, 2.45) is 0 Å². The van der Waals surface area contributed by atoms with Gasteiger partial charge < -0.3 is 4.90 Å². The van der Waals surface area contributed by atoms with Crippen LogP contribution in [-0.2, 0) is 17.4 Å². The highest BCUT2D eigenvalue weighted by atomic mass is 31.0. The van der Waals surface area contributed by atoms with E-state index in [0.717, 1.165) is 6.54 Å². The third-order valence-electron chi connectivity index (χ3n) is 3.43. The third kappa shape index (κ3) is 4.29. The molecule has 0 saturated heterocycles. The van der Waals surface area contributed by atoms with Crippen molar-refractivity contribution in [1.29, 1.82) is 0 Å². The fourth-order valence-electron chi connectivity index (χ4n) is 2.24. The fraction of sp³-hybridized carbons (Fsp3) is 0.647. The van der Waals surface area contributed by atoms with Crippen molar-refractivity contribution in [2.45, 2.75) is 58.9 Å². The molecule has 1 unspecified atom stereocenters. The Balaban J connectivity index is 3.48. The molecule has 0 bridgehead atoms. The molecule has 0 saturated carbocycles. The lowest BCUT2D eigenvalue weighted by Crippen LogP contribution is -2.26. The van der Waals surface area contributed by atoms with Crippen LogP contribution in [0.1, 0.15) is 58.2 Å². The normalized spacial score (nSPS) is 13.2. The average molecular weight is 279 g/mol. The zero-order valence-electron chi connectivity index (χ0n) is 13.9. The molecule has 0 N–H and O–H groups in total. The highest BCUT2D eigenvalue weighted by Gasteiger charge is 2.23. The quantitative estimate of drug-likeness (QED) is 0.743. The van der Waals surface area contributed by atoms with Gasteiger partial charge in [-0.15, -0.1) is 9.24 Å². The molecule has 19 heavy (non-hydrogen) atoms. The van der Waals surface area contributed by atoms with Gasteiger partial charge in [-0.2, -0.15) is 0 Å². The summed E-state index contributed by atoms with van der Waals surface area (Å²) in [5, 5.41) is 1.37. The smallest absolute Gasteiger partial charge is 0.0233 e. The van der Waals surface area contributed by atoms with Gasteiger partial charge in [0.25, 0.3) is 0 Å². The summed E-state index contributed by atoms with van der Waals surface area (Å²) in [5.41, 5.74) is 4.67. The van der Waals surface area contributed by atoms with Crippen LogP contribution < -0.4 is 5.30 Å². The van der Waals surface area contributed by atoms with Crippen molar-refractivity contribution in [3.8, 4) is 0 Å². The van der Waals surface area contributed by atoms with E-state index in [-0.39, 0.29) is 10.8 Å². The van der Waals surface area contributed by atoms with Crippen LogP contribution >= 0.6 is 9.24 Å². The molecule has 0 amide bonds. The minimum absolute atomic E-state index is 0.180. The van der Waals surface area contributed by atoms with Crippen LogP contribution in [0.2, 0.25) is 0 Å². The minimum Gasteiger partial charge on any atom is -0.305 e. The summed E-state index contributed by atoms with van der Waals surface area (Å²) < 4.78 is 0. The molecule has 1 nitrogen and oxygen atoms in total. The van der Waals surface area contributed by atoms with E-state index >= 15 is 0 Å². The number of benzene rings is 1. The Bertz CT molecular complexity index is 448. The van der Waals surface area contributed by atoms with Crippen LogP contribution in [-0.4, -0.2) is 19.0 Å². The predicted octanol–water partition coefficient (Wildman–Crippen LogP) is 3.84. The lowest BCUT2D eigenvalue weighted by atomic mass is 9.79. The SMILES string of the molecule is CN(C)Cc1cc(C(C)(C)C)cc(C(C)(C)C)c1P. The molecular formula is C17H30NP. The van der Waals surface area contributed by atoms with Gasteiger partial charge in [-0.05, 0) is 46.9 Å². The zero-order chi connectivity index (χ0) is 15.0. The lowest BCUT2D eigenvalue weighted by molar-refractivity contribution is 0.402. The minimum atomic E-state index is 0.180. The molecule has 2 heteroatoms. The van der Waals surface area contributed by atoms with E-state index in [9.17, 15) is 0 Å². The van der Waals surface area contributed by atoms with E-state index in [1.165, 1.54) is 22.0 Å². The molecule has 1 rings (SSSR count). The molecule has 0 fully saturated rings. The summed E-state index contributed by atoms with van der Waals surface area (Å²) in [6.45, 7) is 14.7. The second kappa shape index (κ2) is 5.54. The second-order valence-corrected chi connectivity index (χ2v) is 8.41. The highest BCUT2D eigenvalue weighted by molar-refractivity contribution is 7.27. The molecule has 0 radical (unpaired) electrons. The maximum absolute atomic E-state index is 2.96. The largest absolute Gasteiger partial charge is 0.305 e. The average Bonchev–Trinajstić information content (AvgIpc) is 2.16. The first-order chi connectivity index (χ1) is 8.43. The first-order valence-electron chi connectivity index (χ1n) is 7.01. The van der Waals surface area contributed by atoms with Crippen LogP contribution in [0.25, 0.3) is 0 Å². The molecule has 0 aliphatic rings. The van der Waals surface area contributed by atoms with Crippen molar-refractivity contribution in [1.82, 2.24) is 4.90 Å². The monoisotopic (exact) mass is 279 g/mol. The predicted molar refractivity (Wildman–Crippen MR) is 90.6 cm³/mol. The summed E-state index contributed by atoms with van der Waals surface area (Å²) in [6, 6.07) is 4.76. The van der Waals surface area contributed by atoms with Crippen LogP contribution in [0.5, 0.6) is 0 Å². The third-order valence-corrected chi connectivity index (χ3v) is 4.11. The number of hydrogen-bond donors (Lipinski definition) is 0. The Morgan fingerprint density at radius 2 is 1.47 bits per heavy atom. The van der Waals surface area contributed by atoms with Crippen molar-refractivity contribution in [3.63, 3.8) is 0 Å². The molecule has 0 aliphatic heterocycles. The maximum atomic E-state index is 2.96. The highest BCUT2D eigenvalue weighted by Crippen LogP contribution is 2.30. The van der Waals surface area contributed by atoms with Gasteiger partial charge >= 0.3 is 0 Å². The molecule has 0 aliphatic carbocycles. The van der Waals surface area contributed by atoms with E-state index in [4.69, 9.17) is 0 Å². The van der Waals surface area contributed by atoms with Crippen LogP contribution in [0.4, 0.5) is 0 Å². The number of nitrogens with zero attached hydrogens (tertiary/aromatic N) is 1. The van der Waals surface area contributed by atoms with Crippen molar-refractivity contribution in [3.05, 3.63) is 28.8 Å². The first-order valence-corrected chi connectivity index (χ1v) is 7.58. The summed E-state index contributed by atoms with van der Waals surface area (Å²) in [6.07, 6.45) is 0. The number of hydrogen-bond acceptors (Lipinski definition) is 1. The van der Waals surface area contributed by atoms with E-state index in [0.29, 0.717) is 0 Å². The molecule has 1 atom stereocenters. The Kier molecular flexibility index (Phi) is 4.86. The van der Waals surface area contributed by atoms with E-state index in [1.807, 2.05) is 0 Å². The summed E-state index contributed by atoms with van der Waals surface area (Å²) in [4.78, 5) is 2.24. The van der Waals surface area contributed by atoms with Gasteiger partial charge in [-0.25, -0.2) is 0 Å². The second-order valence-electron chi connectivity index (χ2n) is 7.83. The van der Waals surface area contributed by atoms with Crippen LogP contribution in [0, 0.1) is 0 Å². The summed E-state index contributed by atoms with van der Waals surface area (Å²) in [7, 11) is 7.22. The summed E-state index contributed by atoms with van der Waals surface area (Å²) >= 11 is 0. The Hall–Kier alpha value is -0.390. The molecule has 1 aromatic carbocycles. The van der Waals surface area contributed by atoms with Gasteiger partial charge in [-0.1, -0.05) is 53.7 Å². The zero-order valence-corrected chi connectivity index (χ0v) is 15.0. The molecule has 108 valence electrons. The fourth-order valence-corrected chi connectivity index (χ4v) is 2.93. The van der Waals surface area contributed by atoms with Crippen molar-refractivity contribution < 1.29 is 0 Å². The summed E-state index contributed by atoms with van der Waals surface area (Å²) in [5.74, 6) is 0. The Labute approximate surface area is 122 Å². The van der Waals surface area contributed by atoms with Crippen molar-refractivity contribution >= 4 is 14.5 Å². The molecule has 1 aromatic rings. The van der Waals surface area contributed by atoms with Gasteiger partial charge in [0.15, 0.2) is 0 Å². The number of rotatable bonds is 2. The van der Waals surface area contributed by atoms with Gasteiger partial charge in [0.05, 0.1) is 0 Å². The lowest BCUT2D eigenvalue weighted by Gasteiger charge is -2.29. The molecule has 0 aromatic heterocycles. The van der Waals surface area contributed by atoms with Gasteiger partial charge in [0.1, 0.15) is 0 Å². The van der Waals surface area contributed by atoms with E-state index < -0.39 is 0 Å². The van der Waals surface area contributed by atoms with Gasteiger partial charge in [0, 0.05) is 6.54 Å². The van der Waals surface area contributed by atoms with Gasteiger partial charge in [0.2, 0.25) is 0 Å². The topological polar surface area (TPSA) is 3.24 Å².